The minimum atomic E-state index is -3.81. The molecule has 1 saturated heterocycles. The lowest BCUT2D eigenvalue weighted by Crippen LogP contribution is -2.54. The van der Waals surface area contributed by atoms with Crippen LogP contribution >= 0.6 is 0 Å². The fourth-order valence-electron chi connectivity index (χ4n) is 2.40. The first-order valence-electron chi connectivity index (χ1n) is 8.68. The number of nitriles is 1. The van der Waals surface area contributed by atoms with Crippen molar-refractivity contribution in [3.05, 3.63) is 0 Å². The number of rotatable bonds is 6. The highest BCUT2D eigenvalue weighted by molar-refractivity contribution is 7.86. The molecule has 1 aliphatic rings. The number of carbonyl (C=O) groups excluding carboxylic acids is 2. The summed E-state index contributed by atoms with van der Waals surface area (Å²) in [6, 6.07) is 1.89. The minimum absolute atomic E-state index is 0.0614. The van der Waals surface area contributed by atoms with E-state index in [1.165, 1.54) is 23.9 Å². The highest BCUT2D eigenvalue weighted by Gasteiger charge is 2.30. The Hall–Kier alpha value is -1.90. The maximum absolute atomic E-state index is 12.4. The molecule has 0 atom stereocenters. The van der Waals surface area contributed by atoms with Gasteiger partial charge in [0.15, 0.2) is 0 Å². The molecule has 0 aromatic heterocycles. The van der Waals surface area contributed by atoms with E-state index in [2.05, 4.69) is 0 Å². The van der Waals surface area contributed by atoms with Gasteiger partial charge >= 0.3 is 6.09 Å². The molecule has 0 saturated carbocycles. The van der Waals surface area contributed by atoms with Gasteiger partial charge in [0.05, 0.1) is 12.6 Å². The maximum atomic E-state index is 12.4. The van der Waals surface area contributed by atoms with Crippen LogP contribution in [0.15, 0.2) is 0 Å². The summed E-state index contributed by atoms with van der Waals surface area (Å²) < 4.78 is 32.0. The second-order valence-corrected chi connectivity index (χ2v) is 9.48. The molecule has 0 bridgehead atoms. The molecular weight excluding hydrogens is 374 g/mol. The molecule has 1 rings (SSSR count). The van der Waals surface area contributed by atoms with E-state index in [0.29, 0.717) is 26.2 Å². The van der Waals surface area contributed by atoms with Crippen molar-refractivity contribution in [2.45, 2.75) is 32.8 Å². The molecule has 0 aromatic rings. The number of nitrogens with zero attached hydrogens (tertiary/aromatic N) is 5. The molecule has 1 heterocycles. The van der Waals surface area contributed by atoms with Crippen molar-refractivity contribution in [3.8, 4) is 6.07 Å². The monoisotopic (exact) mass is 403 g/mol. The van der Waals surface area contributed by atoms with Crippen LogP contribution in [0.1, 0.15) is 27.2 Å². The molecule has 0 unspecified atom stereocenters. The van der Waals surface area contributed by atoms with Crippen LogP contribution in [-0.2, 0) is 19.7 Å². The summed E-state index contributed by atoms with van der Waals surface area (Å²) in [4.78, 5) is 27.5. The summed E-state index contributed by atoms with van der Waals surface area (Å²) in [5.41, 5.74) is -0.585. The van der Waals surface area contributed by atoms with E-state index in [0.717, 1.165) is 8.61 Å². The average Bonchev–Trinajstić information content (AvgIpc) is 2.57. The lowest BCUT2D eigenvalue weighted by atomic mass is 10.2. The Morgan fingerprint density at radius 3 is 2.07 bits per heavy atom. The van der Waals surface area contributed by atoms with Crippen LogP contribution in [-0.4, -0.2) is 97.8 Å². The van der Waals surface area contributed by atoms with E-state index in [-0.39, 0.29) is 25.4 Å². The zero-order chi connectivity index (χ0) is 20.8. The van der Waals surface area contributed by atoms with E-state index < -0.39 is 21.9 Å². The largest absolute Gasteiger partial charge is 0.444 e. The lowest BCUT2D eigenvalue weighted by molar-refractivity contribution is -0.133. The molecule has 1 aliphatic heterocycles. The number of ether oxygens (including phenoxy) is 1. The number of amides is 2. The van der Waals surface area contributed by atoms with Crippen LogP contribution in [0.2, 0.25) is 0 Å². The molecule has 2 amide bonds. The van der Waals surface area contributed by atoms with Crippen molar-refractivity contribution in [1.82, 2.24) is 18.4 Å². The molecule has 0 aliphatic carbocycles. The Balaban J connectivity index is 2.55. The zero-order valence-corrected chi connectivity index (χ0v) is 17.5. The molecular formula is C16H29N5O5S. The number of carbonyl (C=O) groups is 2. The summed E-state index contributed by atoms with van der Waals surface area (Å²) in [6.45, 7) is 6.42. The van der Waals surface area contributed by atoms with Crippen molar-refractivity contribution in [3.63, 3.8) is 0 Å². The fourth-order valence-corrected chi connectivity index (χ4v) is 3.47. The number of piperazine rings is 1. The van der Waals surface area contributed by atoms with Gasteiger partial charge in [-0.25, -0.2) is 4.79 Å². The smallest absolute Gasteiger partial charge is 0.410 e. The molecule has 11 heteroatoms. The Kier molecular flexibility index (Phi) is 8.01. The third-order valence-corrected chi connectivity index (χ3v) is 5.86. The Morgan fingerprint density at radius 1 is 1.07 bits per heavy atom. The van der Waals surface area contributed by atoms with Crippen LogP contribution in [0.25, 0.3) is 0 Å². The third-order valence-electron chi connectivity index (χ3n) is 3.97. The molecule has 154 valence electrons. The average molecular weight is 404 g/mol. The van der Waals surface area contributed by atoms with Crippen molar-refractivity contribution in [1.29, 1.82) is 5.26 Å². The number of hydrogen-bond donors (Lipinski definition) is 0. The van der Waals surface area contributed by atoms with E-state index in [4.69, 9.17) is 10.00 Å². The van der Waals surface area contributed by atoms with E-state index in [9.17, 15) is 18.0 Å². The Bertz CT molecular complexity index is 674. The Morgan fingerprint density at radius 2 is 1.59 bits per heavy atom. The molecule has 1 fully saturated rings. The van der Waals surface area contributed by atoms with E-state index >= 15 is 0 Å². The van der Waals surface area contributed by atoms with Crippen LogP contribution in [0, 0.1) is 11.3 Å². The molecule has 0 spiro atoms. The van der Waals surface area contributed by atoms with Crippen LogP contribution in [0.4, 0.5) is 4.79 Å². The normalized spacial score (nSPS) is 15.8. The molecule has 0 aromatic carbocycles. The zero-order valence-electron chi connectivity index (χ0n) is 16.6. The van der Waals surface area contributed by atoms with Crippen molar-refractivity contribution >= 4 is 22.2 Å². The van der Waals surface area contributed by atoms with Gasteiger partial charge in [-0.2, -0.15) is 22.3 Å². The van der Waals surface area contributed by atoms with Gasteiger partial charge in [-0.15, -0.1) is 0 Å². The Labute approximate surface area is 161 Å². The highest BCUT2D eigenvalue weighted by atomic mass is 32.2. The molecule has 27 heavy (non-hydrogen) atoms. The van der Waals surface area contributed by atoms with Crippen LogP contribution in [0.5, 0.6) is 0 Å². The number of hydrogen-bond acceptors (Lipinski definition) is 6. The first-order valence-corrected chi connectivity index (χ1v) is 10.1. The summed E-state index contributed by atoms with van der Waals surface area (Å²) >= 11 is 0. The van der Waals surface area contributed by atoms with Crippen molar-refractivity contribution in [2.24, 2.45) is 0 Å². The number of likely N-dealkylation sites (N-methyl/N-ethyl adjacent to an activating group) is 1. The standard InChI is InChI=1S/C16H29N5O5S/c1-16(2,3)26-15(23)21-11-9-20(10-12-21)14(22)13-19(5)27(24,25)18(4)8-6-7-17/h6,8-13H2,1-5H3. The summed E-state index contributed by atoms with van der Waals surface area (Å²) in [5, 5.41) is 8.58. The fraction of sp³-hybridized carbons (Fsp3) is 0.812. The second-order valence-electron chi connectivity index (χ2n) is 7.34. The van der Waals surface area contributed by atoms with Gasteiger partial charge < -0.3 is 14.5 Å². The van der Waals surface area contributed by atoms with Gasteiger partial charge in [-0.3, -0.25) is 4.79 Å². The van der Waals surface area contributed by atoms with Crippen molar-refractivity contribution in [2.75, 3.05) is 53.4 Å². The quantitative estimate of drug-likeness (QED) is 0.621. The van der Waals surface area contributed by atoms with Gasteiger partial charge in [-0.05, 0) is 20.8 Å². The first-order chi connectivity index (χ1) is 12.4. The summed E-state index contributed by atoms with van der Waals surface area (Å²) in [7, 11) is -1.11. The van der Waals surface area contributed by atoms with Crippen LogP contribution in [0.3, 0.4) is 0 Å². The van der Waals surface area contributed by atoms with Gasteiger partial charge in [0.25, 0.3) is 10.2 Å². The topological polar surface area (TPSA) is 114 Å². The van der Waals surface area contributed by atoms with Gasteiger partial charge in [0, 0.05) is 53.2 Å². The minimum Gasteiger partial charge on any atom is -0.444 e. The highest BCUT2D eigenvalue weighted by Crippen LogP contribution is 2.12. The summed E-state index contributed by atoms with van der Waals surface area (Å²) in [5.74, 6) is -0.335. The molecule has 10 nitrogen and oxygen atoms in total. The SMILES string of the molecule is CN(CCC#N)S(=O)(=O)N(C)CC(=O)N1CCN(C(=O)OC(C)(C)C)CC1. The van der Waals surface area contributed by atoms with E-state index in [1.807, 2.05) is 6.07 Å². The lowest BCUT2D eigenvalue weighted by Gasteiger charge is -2.36. The van der Waals surface area contributed by atoms with Gasteiger partial charge in [0.1, 0.15) is 5.60 Å². The van der Waals surface area contributed by atoms with E-state index in [1.54, 1.807) is 20.8 Å². The molecule has 0 radical (unpaired) electrons. The van der Waals surface area contributed by atoms with Gasteiger partial charge in [-0.1, -0.05) is 0 Å². The third kappa shape index (κ3) is 6.97. The summed E-state index contributed by atoms with van der Waals surface area (Å²) in [6.07, 6.45) is -0.349. The van der Waals surface area contributed by atoms with Crippen molar-refractivity contribution < 1.29 is 22.7 Å². The van der Waals surface area contributed by atoms with Crippen LogP contribution < -0.4 is 0 Å². The second kappa shape index (κ2) is 9.34. The predicted octanol–water partition coefficient (Wildman–Crippen LogP) is 0.0878. The predicted molar refractivity (Wildman–Crippen MR) is 98.8 cm³/mol. The molecule has 0 N–H and O–H groups in total. The maximum Gasteiger partial charge on any atom is 0.410 e. The van der Waals surface area contributed by atoms with Gasteiger partial charge in [0.2, 0.25) is 5.91 Å². The first kappa shape index (κ1) is 23.1.